The number of fused-ring (bicyclic) bond motifs is 1. The van der Waals surface area contributed by atoms with E-state index in [0.29, 0.717) is 10.6 Å². The molecule has 0 aliphatic heterocycles. The van der Waals surface area contributed by atoms with Crippen LogP contribution >= 0.6 is 0 Å². The van der Waals surface area contributed by atoms with Crippen LogP contribution < -0.4 is 10.9 Å². The van der Waals surface area contributed by atoms with Crippen LogP contribution in [0, 0.1) is 11.6 Å². The van der Waals surface area contributed by atoms with Gasteiger partial charge in [-0.05, 0) is 31.2 Å². The highest BCUT2D eigenvalue weighted by atomic mass is 19.4. The van der Waals surface area contributed by atoms with E-state index in [2.05, 4.69) is 10.3 Å². The van der Waals surface area contributed by atoms with E-state index in [1.165, 1.54) is 31.2 Å². The second kappa shape index (κ2) is 7.02. The molecule has 0 spiro atoms. The Kier molecular flexibility index (Phi) is 4.88. The van der Waals surface area contributed by atoms with Crippen molar-refractivity contribution >= 4 is 22.6 Å². The van der Waals surface area contributed by atoms with Crippen LogP contribution in [0.2, 0.25) is 0 Å². The predicted molar refractivity (Wildman–Crippen MR) is 90.7 cm³/mol. The number of anilines is 1. The lowest BCUT2D eigenvalue weighted by molar-refractivity contribution is -0.142. The summed E-state index contributed by atoms with van der Waals surface area (Å²) in [5, 5.41) is 2.08. The zero-order valence-electron chi connectivity index (χ0n) is 14.2. The summed E-state index contributed by atoms with van der Waals surface area (Å²) in [6.45, 7) is 1.17. The van der Waals surface area contributed by atoms with Gasteiger partial charge in [0.2, 0.25) is 11.6 Å². The maximum absolute atomic E-state index is 13.7. The smallest absolute Gasteiger partial charge is 0.322 e. The number of alkyl halides is 3. The largest absolute Gasteiger partial charge is 0.438 e. The van der Waals surface area contributed by atoms with Crippen molar-refractivity contribution in [3.8, 4) is 0 Å². The number of carbonyl (C=O) groups is 1. The van der Waals surface area contributed by atoms with Crippen molar-refractivity contribution < 1.29 is 26.7 Å². The van der Waals surface area contributed by atoms with Crippen LogP contribution in [-0.4, -0.2) is 15.5 Å². The summed E-state index contributed by atoms with van der Waals surface area (Å²) in [5.74, 6) is -2.77. The Morgan fingerprint density at radius 2 is 1.82 bits per heavy atom. The van der Waals surface area contributed by atoms with Crippen LogP contribution in [0.4, 0.5) is 27.6 Å². The van der Waals surface area contributed by atoms with E-state index in [4.69, 9.17) is 0 Å². The number of hydrogen-bond acceptors (Lipinski definition) is 3. The molecule has 3 rings (SSSR count). The van der Waals surface area contributed by atoms with Gasteiger partial charge in [0.05, 0.1) is 16.7 Å². The molecular weight excluding hydrogens is 385 g/mol. The molecule has 1 amide bonds. The summed E-state index contributed by atoms with van der Waals surface area (Å²) < 4.78 is 67.2. The minimum atomic E-state index is -5.03. The molecule has 2 aromatic carbocycles. The van der Waals surface area contributed by atoms with E-state index in [1.54, 1.807) is 0 Å². The van der Waals surface area contributed by atoms with Gasteiger partial charge in [-0.2, -0.15) is 13.2 Å². The molecule has 5 nitrogen and oxygen atoms in total. The Balaban J connectivity index is 2.11. The van der Waals surface area contributed by atoms with Gasteiger partial charge in [0, 0.05) is 6.07 Å². The van der Waals surface area contributed by atoms with Crippen molar-refractivity contribution in [1.82, 2.24) is 9.55 Å². The van der Waals surface area contributed by atoms with Crippen LogP contribution in [0.1, 0.15) is 18.7 Å². The van der Waals surface area contributed by atoms with Crippen molar-refractivity contribution in [3.05, 3.63) is 70.1 Å². The first-order chi connectivity index (χ1) is 13.1. The Labute approximate surface area is 154 Å². The molecule has 1 aromatic heterocycles. The second-order valence-electron chi connectivity index (χ2n) is 5.91. The number of halogens is 5. The number of benzene rings is 2. The average molecular weight is 397 g/mol. The standard InChI is InChI=1S/C18H12F5N3O2/c1-9(16(27)25-13-8-10(19)6-7-11(13)20)26-14-5-3-2-4-12(14)24-15(17(26)28)18(21,22)23/h2-9H,1H3,(H,25,27). The van der Waals surface area contributed by atoms with E-state index < -0.39 is 46.7 Å². The lowest BCUT2D eigenvalue weighted by Gasteiger charge is -2.19. The molecule has 10 heteroatoms. The normalized spacial score (nSPS) is 12.8. The van der Waals surface area contributed by atoms with Crippen LogP contribution in [0.15, 0.2) is 47.3 Å². The van der Waals surface area contributed by atoms with E-state index in [-0.39, 0.29) is 11.0 Å². The summed E-state index contributed by atoms with van der Waals surface area (Å²) in [6, 6.07) is 6.35. The Morgan fingerprint density at radius 1 is 1.14 bits per heavy atom. The van der Waals surface area contributed by atoms with Gasteiger partial charge in [0.15, 0.2) is 0 Å². The van der Waals surface area contributed by atoms with Gasteiger partial charge in [0.1, 0.15) is 17.7 Å². The van der Waals surface area contributed by atoms with Gasteiger partial charge >= 0.3 is 6.18 Å². The molecule has 1 heterocycles. The third kappa shape index (κ3) is 3.57. The Bertz CT molecular complexity index is 1120. The molecule has 146 valence electrons. The minimum Gasteiger partial charge on any atom is -0.322 e. The van der Waals surface area contributed by atoms with Crippen molar-refractivity contribution in [1.29, 1.82) is 0 Å². The summed E-state index contributed by atoms with van der Waals surface area (Å²) in [6.07, 6.45) is -5.03. The highest BCUT2D eigenvalue weighted by molar-refractivity contribution is 5.94. The van der Waals surface area contributed by atoms with Crippen molar-refractivity contribution in [2.45, 2.75) is 19.1 Å². The molecule has 0 saturated carbocycles. The minimum absolute atomic E-state index is 0.0112. The van der Waals surface area contributed by atoms with E-state index >= 15 is 0 Å². The third-order valence-corrected chi connectivity index (χ3v) is 4.02. The van der Waals surface area contributed by atoms with Gasteiger partial charge in [0.25, 0.3) is 5.56 Å². The first-order valence-corrected chi connectivity index (χ1v) is 7.94. The molecule has 1 atom stereocenters. The van der Waals surface area contributed by atoms with Crippen molar-refractivity contribution in [3.63, 3.8) is 0 Å². The molecule has 28 heavy (non-hydrogen) atoms. The van der Waals surface area contributed by atoms with Gasteiger partial charge in [-0.1, -0.05) is 12.1 Å². The third-order valence-electron chi connectivity index (χ3n) is 4.02. The van der Waals surface area contributed by atoms with E-state index in [1.807, 2.05) is 0 Å². The summed E-state index contributed by atoms with van der Waals surface area (Å²) >= 11 is 0. The first kappa shape index (κ1) is 19.5. The highest BCUT2D eigenvalue weighted by Crippen LogP contribution is 2.27. The maximum atomic E-state index is 13.7. The highest BCUT2D eigenvalue weighted by Gasteiger charge is 2.38. The lowest BCUT2D eigenvalue weighted by Crippen LogP contribution is -2.36. The monoisotopic (exact) mass is 397 g/mol. The molecule has 0 bridgehead atoms. The number of nitrogens with zero attached hydrogens (tertiary/aromatic N) is 2. The van der Waals surface area contributed by atoms with Crippen LogP contribution in [0.25, 0.3) is 11.0 Å². The fraction of sp³-hybridized carbons (Fsp3) is 0.167. The number of nitrogens with one attached hydrogen (secondary N) is 1. The molecule has 0 aliphatic rings. The zero-order valence-corrected chi connectivity index (χ0v) is 14.2. The predicted octanol–water partition coefficient (Wildman–Crippen LogP) is 3.89. The maximum Gasteiger partial charge on any atom is 0.438 e. The molecule has 1 N–H and O–H groups in total. The molecule has 1 unspecified atom stereocenters. The first-order valence-electron chi connectivity index (χ1n) is 7.94. The summed E-state index contributed by atoms with van der Waals surface area (Å²) in [5.41, 5.74) is -3.86. The van der Waals surface area contributed by atoms with Gasteiger partial charge in [-0.3, -0.25) is 14.2 Å². The number of rotatable bonds is 3. The van der Waals surface area contributed by atoms with Gasteiger partial charge < -0.3 is 5.32 Å². The SMILES string of the molecule is CC(C(=O)Nc1cc(F)ccc1F)n1c(=O)c(C(F)(F)F)nc2ccccc21. The lowest BCUT2D eigenvalue weighted by atomic mass is 10.2. The molecule has 3 aromatic rings. The summed E-state index contributed by atoms with van der Waals surface area (Å²) in [4.78, 5) is 28.2. The number of aromatic nitrogens is 2. The Hall–Kier alpha value is -3.30. The number of carbonyl (C=O) groups excluding carboxylic acids is 1. The van der Waals surface area contributed by atoms with Gasteiger partial charge in [-0.25, -0.2) is 13.8 Å². The summed E-state index contributed by atoms with van der Waals surface area (Å²) in [7, 11) is 0. The van der Waals surface area contributed by atoms with Gasteiger partial charge in [-0.15, -0.1) is 0 Å². The fourth-order valence-corrected chi connectivity index (χ4v) is 2.67. The molecule has 0 radical (unpaired) electrons. The quantitative estimate of drug-likeness (QED) is 0.682. The van der Waals surface area contributed by atoms with Crippen molar-refractivity contribution in [2.24, 2.45) is 0 Å². The molecule has 0 fully saturated rings. The fourth-order valence-electron chi connectivity index (χ4n) is 2.67. The second-order valence-corrected chi connectivity index (χ2v) is 5.91. The van der Waals surface area contributed by atoms with E-state index in [0.717, 1.165) is 12.1 Å². The molecular formula is C18H12F5N3O2. The van der Waals surface area contributed by atoms with Crippen LogP contribution in [0.5, 0.6) is 0 Å². The zero-order chi connectivity index (χ0) is 20.6. The molecule has 0 aliphatic carbocycles. The molecule has 0 saturated heterocycles. The van der Waals surface area contributed by atoms with Crippen LogP contribution in [-0.2, 0) is 11.0 Å². The Morgan fingerprint density at radius 3 is 2.50 bits per heavy atom. The average Bonchev–Trinajstić information content (AvgIpc) is 2.62. The van der Waals surface area contributed by atoms with E-state index in [9.17, 15) is 31.5 Å². The van der Waals surface area contributed by atoms with Crippen molar-refractivity contribution in [2.75, 3.05) is 5.32 Å². The number of amides is 1. The number of hydrogen-bond donors (Lipinski definition) is 1. The van der Waals surface area contributed by atoms with Crippen LogP contribution in [0.3, 0.4) is 0 Å². The number of para-hydroxylation sites is 2. The topological polar surface area (TPSA) is 64.0 Å².